The van der Waals surface area contributed by atoms with E-state index in [9.17, 15) is 27.9 Å². The first-order valence-electron chi connectivity index (χ1n) is 12.4. The second-order valence-corrected chi connectivity index (χ2v) is 12.5. The topological polar surface area (TPSA) is 154 Å². The number of fused-ring (bicyclic) bond motifs is 2. The molecule has 0 radical (unpaired) electrons. The number of nitrogens with zero attached hydrogens (tertiary/aromatic N) is 1. The standard InChI is InChI=1S/C25H32N4O7S2/c1-29(2)19-9-5-8-16-15(19)7-6-11-21(16)38(34,35)28-17(24(31)32)13-36-22(30)12-4-3-10-20-23-18(14-37-20)26-25(33)27-23/h5-9,11,17-18,20,23,28H,3-4,10,12-14H2,1-2H3,(H,31,32)(H2,26,27,33)/t17-,18-,20-,23-/m0/s1. The van der Waals surface area contributed by atoms with Crippen molar-refractivity contribution in [1.82, 2.24) is 15.4 Å². The number of rotatable bonds is 12. The minimum atomic E-state index is -4.24. The predicted octanol–water partition coefficient (Wildman–Crippen LogP) is 1.91. The zero-order valence-corrected chi connectivity index (χ0v) is 22.8. The Bertz CT molecular complexity index is 1320. The summed E-state index contributed by atoms with van der Waals surface area (Å²) in [7, 11) is -0.550. The molecule has 2 saturated heterocycles. The molecule has 2 heterocycles. The normalized spacial score (nSPS) is 21.4. The Morgan fingerprint density at radius 3 is 2.63 bits per heavy atom. The first-order valence-corrected chi connectivity index (χ1v) is 14.9. The largest absolute Gasteiger partial charge is 0.480 e. The maximum Gasteiger partial charge on any atom is 0.325 e. The number of unbranched alkanes of at least 4 members (excludes halogenated alkanes) is 1. The predicted molar refractivity (Wildman–Crippen MR) is 145 cm³/mol. The number of carboxylic acids is 1. The van der Waals surface area contributed by atoms with Gasteiger partial charge in [-0.15, -0.1) is 0 Å². The number of hydrogen-bond donors (Lipinski definition) is 4. The number of carbonyl (C=O) groups is 3. The van der Waals surface area contributed by atoms with E-state index in [-0.39, 0.29) is 34.7 Å². The van der Waals surface area contributed by atoms with Crippen molar-refractivity contribution >= 4 is 56.2 Å². The third-order valence-corrected chi connectivity index (χ3v) is 9.73. The van der Waals surface area contributed by atoms with Gasteiger partial charge in [0.05, 0.1) is 17.0 Å². The Balaban J connectivity index is 1.30. The lowest BCUT2D eigenvalue weighted by Gasteiger charge is -2.19. The van der Waals surface area contributed by atoms with Gasteiger partial charge in [0.25, 0.3) is 0 Å². The van der Waals surface area contributed by atoms with Gasteiger partial charge in [-0.3, -0.25) is 9.59 Å². The molecule has 4 N–H and O–H groups in total. The van der Waals surface area contributed by atoms with E-state index in [1.54, 1.807) is 36.0 Å². The number of amides is 2. The second kappa shape index (κ2) is 11.8. The van der Waals surface area contributed by atoms with Crippen LogP contribution in [0.5, 0.6) is 0 Å². The van der Waals surface area contributed by atoms with Crippen LogP contribution in [-0.2, 0) is 24.3 Å². The first kappa shape index (κ1) is 28.0. The number of urea groups is 1. The lowest BCUT2D eigenvalue weighted by Crippen LogP contribution is -2.44. The van der Waals surface area contributed by atoms with Gasteiger partial charge in [0, 0.05) is 48.0 Å². The molecule has 0 spiro atoms. The number of ether oxygens (including phenoxy) is 1. The maximum absolute atomic E-state index is 13.2. The third kappa shape index (κ3) is 6.33. The number of aliphatic carboxylic acids is 1. The van der Waals surface area contributed by atoms with Crippen molar-refractivity contribution in [2.24, 2.45) is 0 Å². The fourth-order valence-corrected chi connectivity index (χ4v) is 7.74. The lowest BCUT2D eigenvalue weighted by molar-refractivity contribution is -0.148. The van der Waals surface area contributed by atoms with Gasteiger partial charge in [0.1, 0.15) is 6.61 Å². The number of thioether (sulfide) groups is 1. The van der Waals surface area contributed by atoms with Crippen LogP contribution >= 0.6 is 11.8 Å². The summed E-state index contributed by atoms with van der Waals surface area (Å²) in [5.74, 6) is -1.18. The molecule has 2 aromatic carbocycles. The van der Waals surface area contributed by atoms with Crippen molar-refractivity contribution in [2.75, 3.05) is 31.4 Å². The molecule has 2 aliphatic heterocycles. The number of benzene rings is 2. The molecule has 13 heteroatoms. The molecule has 2 amide bonds. The highest BCUT2D eigenvalue weighted by Crippen LogP contribution is 2.33. The van der Waals surface area contributed by atoms with Crippen LogP contribution in [0, 0.1) is 0 Å². The van der Waals surface area contributed by atoms with Crippen LogP contribution in [0.4, 0.5) is 10.5 Å². The van der Waals surface area contributed by atoms with Crippen LogP contribution in [0.3, 0.4) is 0 Å². The van der Waals surface area contributed by atoms with E-state index >= 15 is 0 Å². The summed E-state index contributed by atoms with van der Waals surface area (Å²) in [6, 6.07) is 8.52. The van der Waals surface area contributed by atoms with E-state index in [2.05, 4.69) is 15.4 Å². The van der Waals surface area contributed by atoms with E-state index < -0.39 is 34.6 Å². The van der Waals surface area contributed by atoms with E-state index in [0.29, 0.717) is 17.2 Å². The minimum Gasteiger partial charge on any atom is -0.480 e. The lowest BCUT2D eigenvalue weighted by atomic mass is 10.0. The molecule has 2 fully saturated rings. The van der Waals surface area contributed by atoms with E-state index in [0.717, 1.165) is 24.3 Å². The molecule has 0 saturated carbocycles. The summed E-state index contributed by atoms with van der Waals surface area (Å²) in [6.07, 6.45) is 2.21. The Morgan fingerprint density at radius 2 is 1.89 bits per heavy atom. The van der Waals surface area contributed by atoms with Crippen molar-refractivity contribution < 1.29 is 32.6 Å². The second-order valence-electron chi connectivity index (χ2n) is 9.59. The Hall–Kier alpha value is -3.03. The average Bonchev–Trinajstić information content (AvgIpc) is 3.42. The van der Waals surface area contributed by atoms with Gasteiger partial charge >= 0.3 is 18.0 Å². The van der Waals surface area contributed by atoms with E-state index in [1.165, 1.54) is 6.07 Å². The van der Waals surface area contributed by atoms with E-state index in [4.69, 9.17) is 4.74 Å². The summed E-state index contributed by atoms with van der Waals surface area (Å²) in [5.41, 5.74) is 0.819. The van der Waals surface area contributed by atoms with Gasteiger partial charge < -0.3 is 25.4 Å². The summed E-state index contributed by atoms with van der Waals surface area (Å²) in [5, 5.41) is 16.9. The molecule has 0 bridgehead atoms. The van der Waals surface area contributed by atoms with Crippen LogP contribution in [-0.4, -0.2) is 81.3 Å². The quantitative estimate of drug-likeness (QED) is 0.172. The minimum absolute atomic E-state index is 0.0584. The van der Waals surface area contributed by atoms with Crippen molar-refractivity contribution in [1.29, 1.82) is 0 Å². The molecule has 4 rings (SSSR count). The zero-order chi connectivity index (χ0) is 27.4. The van der Waals surface area contributed by atoms with Gasteiger partial charge in [-0.05, 0) is 25.0 Å². The van der Waals surface area contributed by atoms with Crippen molar-refractivity contribution in [3.05, 3.63) is 36.4 Å². The summed E-state index contributed by atoms with van der Waals surface area (Å²) < 4.78 is 33.6. The van der Waals surface area contributed by atoms with Gasteiger partial charge in [-0.2, -0.15) is 16.5 Å². The van der Waals surface area contributed by atoms with Crippen molar-refractivity contribution in [3.63, 3.8) is 0 Å². The molecule has 11 nitrogen and oxygen atoms in total. The van der Waals surface area contributed by atoms with Crippen LogP contribution < -0.4 is 20.3 Å². The molecule has 38 heavy (non-hydrogen) atoms. The number of esters is 1. The van der Waals surface area contributed by atoms with Gasteiger partial charge in [-0.1, -0.05) is 30.7 Å². The highest BCUT2D eigenvalue weighted by atomic mass is 32.2. The smallest absolute Gasteiger partial charge is 0.325 e. The number of sulfonamides is 1. The molecule has 4 atom stereocenters. The van der Waals surface area contributed by atoms with Gasteiger partial charge in [0.15, 0.2) is 6.04 Å². The van der Waals surface area contributed by atoms with Gasteiger partial charge in [0.2, 0.25) is 10.0 Å². The van der Waals surface area contributed by atoms with Crippen LogP contribution in [0.15, 0.2) is 41.3 Å². The maximum atomic E-state index is 13.2. The van der Waals surface area contributed by atoms with Crippen LogP contribution in [0.25, 0.3) is 10.8 Å². The molecule has 0 aromatic heterocycles. The molecule has 2 aliphatic rings. The van der Waals surface area contributed by atoms with Gasteiger partial charge in [-0.25, -0.2) is 13.2 Å². The Kier molecular flexibility index (Phi) is 8.68. The SMILES string of the molecule is CN(C)c1cccc2c(S(=O)(=O)N[C@@H](COC(=O)CCCC[C@@H]3SC[C@@H]4NC(=O)N[C@@H]43)C(=O)O)cccc12. The van der Waals surface area contributed by atoms with E-state index in [1.807, 2.05) is 25.1 Å². The zero-order valence-electron chi connectivity index (χ0n) is 21.2. The van der Waals surface area contributed by atoms with Crippen molar-refractivity contribution in [3.8, 4) is 0 Å². The molecule has 206 valence electrons. The number of carbonyl (C=O) groups excluding carboxylic acids is 2. The highest BCUT2D eigenvalue weighted by molar-refractivity contribution is 8.00. The summed E-state index contributed by atoms with van der Waals surface area (Å²) in [6.45, 7) is -0.624. The summed E-state index contributed by atoms with van der Waals surface area (Å²) >= 11 is 1.79. The summed E-state index contributed by atoms with van der Waals surface area (Å²) in [4.78, 5) is 37.3. The Morgan fingerprint density at radius 1 is 1.16 bits per heavy atom. The fraction of sp³-hybridized carbons (Fsp3) is 0.480. The van der Waals surface area contributed by atoms with Crippen LogP contribution in [0.1, 0.15) is 25.7 Å². The Labute approximate surface area is 225 Å². The number of hydrogen-bond acceptors (Lipinski definition) is 8. The average molecular weight is 565 g/mol. The molecule has 0 aliphatic carbocycles. The van der Waals surface area contributed by atoms with Crippen LogP contribution in [0.2, 0.25) is 0 Å². The molecule has 0 unspecified atom stereocenters. The van der Waals surface area contributed by atoms with Crippen molar-refractivity contribution in [2.45, 2.75) is 54.0 Å². The first-order chi connectivity index (χ1) is 18.1. The molecular weight excluding hydrogens is 532 g/mol. The number of anilines is 1. The number of nitrogens with one attached hydrogen (secondary N) is 3. The monoisotopic (exact) mass is 564 g/mol. The highest BCUT2D eigenvalue weighted by Gasteiger charge is 2.42. The number of carboxylic acid groups (broad SMARTS) is 1. The third-order valence-electron chi connectivity index (χ3n) is 6.69. The molecule has 2 aromatic rings. The fourth-order valence-electron chi connectivity index (χ4n) is 4.80. The molecular formula is C25H32N4O7S2.